The van der Waals surface area contributed by atoms with E-state index in [0.717, 1.165) is 17.1 Å². The van der Waals surface area contributed by atoms with Gasteiger partial charge in [0.15, 0.2) is 0 Å². The van der Waals surface area contributed by atoms with Crippen LogP contribution in [0.4, 0.5) is 17.1 Å². The van der Waals surface area contributed by atoms with Gasteiger partial charge in [0.1, 0.15) is 0 Å². The number of para-hydroxylation sites is 2. The van der Waals surface area contributed by atoms with Crippen molar-refractivity contribution in [3.8, 4) is 39.1 Å². The molecular formula is C59H38N2. The lowest BCUT2D eigenvalue weighted by Crippen LogP contribution is -2.30. The van der Waals surface area contributed by atoms with Crippen LogP contribution in [0.2, 0.25) is 0 Å². The van der Waals surface area contributed by atoms with Crippen LogP contribution >= 0.6 is 0 Å². The van der Waals surface area contributed by atoms with E-state index >= 15 is 0 Å². The Balaban J connectivity index is 1.19. The Bertz CT molecular complexity index is 3480. The summed E-state index contributed by atoms with van der Waals surface area (Å²) in [5.41, 5.74) is 19.2. The molecule has 0 fully saturated rings. The van der Waals surface area contributed by atoms with Crippen molar-refractivity contribution in [2.24, 2.45) is 0 Å². The SMILES string of the molecule is c1ccc(-c2cccc(N(c3ccccc3)c3ccc4c5c3ccc3c5c5c(cccc5n3-c3ccccc3-c3ccccc3)C43c4ccccc4-c4ccccc43)c2)cc1. The normalized spacial score (nSPS) is 13.0. The van der Waals surface area contributed by atoms with E-state index in [0.29, 0.717) is 0 Å². The molecule has 2 nitrogen and oxygen atoms in total. The van der Waals surface area contributed by atoms with E-state index < -0.39 is 5.41 Å². The summed E-state index contributed by atoms with van der Waals surface area (Å²) < 4.78 is 2.54. The summed E-state index contributed by atoms with van der Waals surface area (Å²) >= 11 is 0. The van der Waals surface area contributed by atoms with E-state index in [9.17, 15) is 0 Å². The van der Waals surface area contributed by atoms with Gasteiger partial charge in [-0.25, -0.2) is 0 Å². The second-order valence-electron chi connectivity index (χ2n) is 16.4. The molecule has 10 aromatic carbocycles. The average Bonchev–Trinajstić information content (AvgIpc) is 3.83. The maximum atomic E-state index is 2.54. The number of aromatic nitrogens is 1. The molecular weight excluding hydrogens is 737 g/mol. The minimum atomic E-state index is -0.527. The molecule has 1 heterocycles. The van der Waals surface area contributed by atoms with Gasteiger partial charge in [-0.15, -0.1) is 0 Å². The number of nitrogens with zero attached hydrogens (tertiary/aromatic N) is 2. The molecule has 1 aromatic heterocycles. The molecule has 61 heavy (non-hydrogen) atoms. The summed E-state index contributed by atoms with van der Waals surface area (Å²) in [7, 11) is 0. The Morgan fingerprint density at radius 3 is 1.61 bits per heavy atom. The molecule has 284 valence electrons. The van der Waals surface area contributed by atoms with E-state index in [1.807, 2.05) is 0 Å². The molecule has 2 aliphatic carbocycles. The Hall–Kier alpha value is -7.94. The maximum absolute atomic E-state index is 2.54. The predicted octanol–water partition coefficient (Wildman–Crippen LogP) is 15.4. The monoisotopic (exact) mass is 774 g/mol. The lowest BCUT2D eigenvalue weighted by atomic mass is 9.63. The Labute approximate surface area is 354 Å². The molecule has 0 bridgehead atoms. The third kappa shape index (κ3) is 4.67. The molecule has 0 unspecified atom stereocenters. The number of benzene rings is 10. The zero-order chi connectivity index (χ0) is 40.1. The van der Waals surface area contributed by atoms with Gasteiger partial charge < -0.3 is 9.47 Å². The minimum absolute atomic E-state index is 0.527. The van der Waals surface area contributed by atoms with Gasteiger partial charge in [-0.3, -0.25) is 0 Å². The highest BCUT2D eigenvalue weighted by molar-refractivity contribution is 6.28. The van der Waals surface area contributed by atoms with Crippen LogP contribution in [0.5, 0.6) is 0 Å². The van der Waals surface area contributed by atoms with Crippen LogP contribution in [0, 0.1) is 0 Å². The molecule has 1 spiro atoms. The second kappa shape index (κ2) is 13.0. The standard InChI is InChI=1S/C59H38N2/c1-4-18-39(19-5-1)41-22-16-25-43(38-41)60(42-23-8-3-9-24-42)53-37-35-51-56-47(53)34-36-55-58(56)57-50(59(51)48-29-13-10-27-45(48)46-28-11-14-30-49(46)59)31-17-33-54(57)61(55)52-32-15-12-26-44(52)40-20-6-2-7-21-40/h1-38H. The van der Waals surface area contributed by atoms with Crippen molar-refractivity contribution in [3.63, 3.8) is 0 Å². The third-order valence-electron chi connectivity index (χ3n) is 13.4. The van der Waals surface area contributed by atoms with Crippen molar-refractivity contribution in [3.05, 3.63) is 253 Å². The van der Waals surface area contributed by atoms with Gasteiger partial charge in [-0.05, 0) is 104 Å². The van der Waals surface area contributed by atoms with Gasteiger partial charge in [0.05, 0.1) is 27.8 Å². The maximum Gasteiger partial charge on any atom is 0.0726 e. The fourth-order valence-electron chi connectivity index (χ4n) is 11.0. The molecule has 0 radical (unpaired) electrons. The van der Waals surface area contributed by atoms with Crippen LogP contribution in [-0.4, -0.2) is 4.57 Å². The topological polar surface area (TPSA) is 8.17 Å². The Kier molecular flexibility index (Phi) is 7.26. The third-order valence-corrected chi connectivity index (χ3v) is 13.4. The first-order valence-electron chi connectivity index (χ1n) is 21.2. The molecule has 11 aromatic rings. The molecule has 0 saturated carbocycles. The van der Waals surface area contributed by atoms with Crippen LogP contribution in [0.3, 0.4) is 0 Å². The summed E-state index contributed by atoms with van der Waals surface area (Å²) in [5, 5.41) is 5.16. The largest absolute Gasteiger partial charge is 0.310 e. The number of fused-ring (bicyclic) bond motifs is 7. The summed E-state index contributed by atoms with van der Waals surface area (Å²) in [6.07, 6.45) is 0. The summed E-state index contributed by atoms with van der Waals surface area (Å²) in [6.45, 7) is 0. The van der Waals surface area contributed by atoms with Crippen LogP contribution in [0.25, 0.3) is 71.6 Å². The highest BCUT2D eigenvalue weighted by Crippen LogP contribution is 2.63. The quantitative estimate of drug-likeness (QED) is 0.163. The Morgan fingerprint density at radius 2 is 0.869 bits per heavy atom. The number of anilines is 3. The predicted molar refractivity (Wildman–Crippen MR) is 255 cm³/mol. The summed E-state index contributed by atoms with van der Waals surface area (Å²) in [6, 6.07) is 85.2. The van der Waals surface area contributed by atoms with E-state index in [1.165, 1.54) is 93.9 Å². The van der Waals surface area contributed by atoms with E-state index in [2.05, 4.69) is 240 Å². The van der Waals surface area contributed by atoms with Gasteiger partial charge in [0, 0.05) is 33.1 Å². The molecule has 13 rings (SSSR count). The molecule has 0 atom stereocenters. The fraction of sp³-hybridized carbons (Fsp3) is 0.0169. The highest BCUT2D eigenvalue weighted by Gasteiger charge is 2.50. The molecule has 0 saturated heterocycles. The first kappa shape index (κ1) is 34.0. The molecule has 2 heteroatoms. The average molecular weight is 775 g/mol. The number of hydrogen-bond donors (Lipinski definition) is 0. The second-order valence-corrected chi connectivity index (χ2v) is 16.4. The lowest BCUT2D eigenvalue weighted by Gasteiger charge is -2.38. The number of rotatable bonds is 6. The van der Waals surface area contributed by atoms with Crippen molar-refractivity contribution < 1.29 is 0 Å². The van der Waals surface area contributed by atoms with Crippen LogP contribution < -0.4 is 4.90 Å². The van der Waals surface area contributed by atoms with Gasteiger partial charge in [-0.2, -0.15) is 0 Å². The summed E-state index contributed by atoms with van der Waals surface area (Å²) in [5.74, 6) is 0. The fourth-order valence-corrected chi connectivity index (χ4v) is 11.0. The van der Waals surface area contributed by atoms with E-state index in [4.69, 9.17) is 0 Å². The minimum Gasteiger partial charge on any atom is -0.310 e. The first-order chi connectivity index (χ1) is 30.3. The molecule has 2 aliphatic rings. The number of hydrogen-bond acceptors (Lipinski definition) is 1. The van der Waals surface area contributed by atoms with Crippen molar-refractivity contribution in [1.29, 1.82) is 0 Å². The highest BCUT2D eigenvalue weighted by atomic mass is 15.1. The van der Waals surface area contributed by atoms with Crippen molar-refractivity contribution >= 4 is 49.6 Å². The summed E-state index contributed by atoms with van der Waals surface area (Å²) in [4.78, 5) is 2.46. The smallest absolute Gasteiger partial charge is 0.0726 e. The molecule has 0 N–H and O–H groups in total. The van der Waals surface area contributed by atoms with Crippen molar-refractivity contribution in [1.82, 2.24) is 4.57 Å². The lowest BCUT2D eigenvalue weighted by molar-refractivity contribution is 0.783. The molecule has 0 amide bonds. The van der Waals surface area contributed by atoms with Crippen molar-refractivity contribution in [2.75, 3.05) is 4.90 Å². The van der Waals surface area contributed by atoms with E-state index in [-0.39, 0.29) is 0 Å². The van der Waals surface area contributed by atoms with Gasteiger partial charge in [0.2, 0.25) is 0 Å². The Morgan fingerprint density at radius 1 is 0.328 bits per heavy atom. The van der Waals surface area contributed by atoms with Crippen LogP contribution in [0.15, 0.2) is 231 Å². The van der Waals surface area contributed by atoms with Crippen LogP contribution in [-0.2, 0) is 5.41 Å². The zero-order valence-corrected chi connectivity index (χ0v) is 33.3. The van der Waals surface area contributed by atoms with Gasteiger partial charge in [-0.1, -0.05) is 182 Å². The first-order valence-corrected chi connectivity index (χ1v) is 21.2. The van der Waals surface area contributed by atoms with Crippen molar-refractivity contribution in [2.45, 2.75) is 5.41 Å². The van der Waals surface area contributed by atoms with E-state index in [1.54, 1.807) is 0 Å². The van der Waals surface area contributed by atoms with Gasteiger partial charge >= 0.3 is 0 Å². The van der Waals surface area contributed by atoms with Gasteiger partial charge in [0.25, 0.3) is 0 Å². The van der Waals surface area contributed by atoms with Crippen LogP contribution in [0.1, 0.15) is 22.3 Å². The molecule has 0 aliphatic heterocycles. The zero-order valence-electron chi connectivity index (χ0n) is 33.3.